The molecule has 1 N–H and O–H groups in total. The molecule has 1 aromatic rings. The third kappa shape index (κ3) is 5.38. The second-order valence-electron chi connectivity index (χ2n) is 6.73. The molecule has 1 fully saturated rings. The van der Waals surface area contributed by atoms with E-state index in [0.29, 0.717) is 23.0 Å². The van der Waals surface area contributed by atoms with Gasteiger partial charge in [-0.15, -0.1) is 0 Å². The number of aromatic amines is 1. The van der Waals surface area contributed by atoms with E-state index in [4.69, 9.17) is 0 Å². The summed E-state index contributed by atoms with van der Waals surface area (Å²) in [7, 11) is 0. The fraction of sp³-hybridized carbons (Fsp3) is 0.750. The first kappa shape index (κ1) is 16.4. The van der Waals surface area contributed by atoms with Crippen molar-refractivity contribution in [2.24, 2.45) is 0 Å². The van der Waals surface area contributed by atoms with Crippen LogP contribution in [0.25, 0.3) is 0 Å². The Bertz CT molecular complexity index is 431. The second-order valence-corrected chi connectivity index (χ2v) is 8.65. The van der Waals surface area contributed by atoms with Crippen molar-refractivity contribution in [3.63, 3.8) is 0 Å². The molecular weight excluding hydrogens is 282 g/mol. The maximum Gasteiger partial charge on any atom is 0.222 e. The zero-order valence-electron chi connectivity index (χ0n) is 13.4. The molecule has 0 radical (unpaired) electrons. The topological polar surface area (TPSA) is 49.0 Å². The Morgan fingerprint density at radius 3 is 2.71 bits per heavy atom. The summed E-state index contributed by atoms with van der Waals surface area (Å²) in [6, 6.07) is 2.05. The number of carbonyl (C=O) groups excluding carboxylic acids is 1. The van der Waals surface area contributed by atoms with Crippen molar-refractivity contribution in [3.05, 3.63) is 18.0 Å². The Morgan fingerprint density at radius 1 is 1.43 bits per heavy atom. The summed E-state index contributed by atoms with van der Waals surface area (Å²) in [6.45, 7) is 8.43. The number of rotatable bonds is 5. The third-order valence-corrected chi connectivity index (χ3v) is 5.24. The molecule has 0 aliphatic carbocycles. The van der Waals surface area contributed by atoms with Crippen LogP contribution in [0.3, 0.4) is 0 Å². The van der Waals surface area contributed by atoms with Gasteiger partial charge in [0.1, 0.15) is 0 Å². The lowest BCUT2D eigenvalue weighted by Crippen LogP contribution is -2.37. The maximum atomic E-state index is 12.2. The predicted molar refractivity (Wildman–Crippen MR) is 88.6 cm³/mol. The zero-order valence-corrected chi connectivity index (χ0v) is 14.2. The number of carbonyl (C=O) groups is 1. The number of thioether (sulfide) groups is 1. The van der Waals surface area contributed by atoms with Gasteiger partial charge in [0.05, 0.1) is 0 Å². The smallest absolute Gasteiger partial charge is 0.222 e. The van der Waals surface area contributed by atoms with Crippen molar-refractivity contribution in [1.29, 1.82) is 0 Å². The normalized spacial score (nSPS) is 17.2. The summed E-state index contributed by atoms with van der Waals surface area (Å²) in [5.41, 5.74) is 1.21. The van der Waals surface area contributed by atoms with Gasteiger partial charge in [0.15, 0.2) is 0 Å². The number of hydrogen-bond donors (Lipinski definition) is 1. The molecule has 0 aromatic carbocycles. The van der Waals surface area contributed by atoms with Gasteiger partial charge in [-0.3, -0.25) is 9.89 Å². The van der Waals surface area contributed by atoms with Crippen LogP contribution in [0.1, 0.15) is 58.1 Å². The highest BCUT2D eigenvalue weighted by atomic mass is 32.2. The minimum atomic E-state index is 0.297. The summed E-state index contributed by atoms with van der Waals surface area (Å²) in [5, 5.41) is 7.06. The summed E-state index contributed by atoms with van der Waals surface area (Å²) in [4.78, 5) is 14.2. The molecule has 1 aliphatic rings. The van der Waals surface area contributed by atoms with Gasteiger partial charge in [-0.2, -0.15) is 16.9 Å². The van der Waals surface area contributed by atoms with E-state index in [1.807, 2.05) is 22.7 Å². The van der Waals surface area contributed by atoms with E-state index in [9.17, 15) is 4.79 Å². The highest BCUT2D eigenvalue weighted by Gasteiger charge is 2.24. The SMILES string of the molecule is CC(C)(C)SCCCC(=O)N1CCC(c2ccn[nH]2)CC1. The minimum Gasteiger partial charge on any atom is -0.343 e. The van der Waals surface area contributed by atoms with Gasteiger partial charge < -0.3 is 4.90 Å². The number of amides is 1. The third-order valence-electron chi connectivity index (χ3n) is 3.88. The molecule has 2 heterocycles. The number of likely N-dealkylation sites (tertiary alicyclic amines) is 1. The molecule has 1 aliphatic heterocycles. The molecule has 1 aromatic heterocycles. The van der Waals surface area contributed by atoms with Crippen molar-refractivity contribution in [2.45, 2.75) is 57.1 Å². The van der Waals surface area contributed by atoms with Crippen molar-refractivity contribution in [1.82, 2.24) is 15.1 Å². The second kappa shape index (κ2) is 7.34. The fourth-order valence-corrected chi connectivity index (χ4v) is 3.59. The van der Waals surface area contributed by atoms with Crippen LogP contribution >= 0.6 is 11.8 Å². The van der Waals surface area contributed by atoms with Crippen LogP contribution in [0.2, 0.25) is 0 Å². The Labute approximate surface area is 132 Å². The average Bonchev–Trinajstić information content (AvgIpc) is 2.96. The maximum absolute atomic E-state index is 12.2. The summed E-state index contributed by atoms with van der Waals surface area (Å²) >= 11 is 1.94. The van der Waals surface area contributed by atoms with E-state index in [1.165, 1.54) is 5.69 Å². The van der Waals surface area contributed by atoms with Gasteiger partial charge in [-0.1, -0.05) is 20.8 Å². The van der Waals surface area contributed by atoms with Gasteiger partial charge in [0, 0.05) is 42.1 Å². The van der Waals surface area contributed by atoms with Crippen LogP contribution in [-0.4, -0.2) is 44.6 Å². The first-order valence-corrected chi connectivity index (χ1v) is 8.85. The Balaban J connectivity index is 1.66. The first-order valence-electron chi connectivity index (χ1n) is 7.87. The first-order chi connectivity index (χ1) is 9.96. The van der Waals surface area contributed by atoms with Gasteiger partial charge in [0.2, 0.25) is 5.91 Å². The van der Waals surface area contributed by atoms with Crippen LogP contribution in [0.5, 0.6) is 0 Å². The molecule has 1 amide bonds. The minimum absolute atomic E-state index is 0.297. The highest BCUT2D eigenvalue weighted by molar-refractivity contribution is 8.00. The van der Waals surface area contributed by atoms with Crippen LogP contribution < -0.4 is 0 Å². The Hall–Kier alpha value is -0.970. The van der Waals surface area contributed by atoms with Crippen LogP contribution in [0, 0.1) is 0 Å². The lowest BCUT2D eigenvalue weighted by molar-refractivity contribution is -0.132. The summed E-state index contributed by atoms with van der Waals surface area (Å²) in [5.74, 6) is 1.93. The Morgan fingerprint density at radius 2 is 2.14 bits per heavy atom. The lowest BCUT2D eigenvalue weighted by atomic mass is 9.93. The van der Waals surface area contributed by atoms with Gasteiger partial charge >= 0.3 is 0 Å². The molecule has 0 spiro atoms. The highest BCUT2D eigenvalue weighted by Crippen LogP contribution is 2.27. The van der Waals surface area contributed by atoms with Crippen LogP contribution in [0.15, 0.2) is 12.3 Å². The van der Waals surface area contributed by atoms with E-state index in [0.717, 1.165) is 38.1 Å². The van der Waals surface area contributed by atoms with Crippen molar-refractivity contribution in [3.8, 4) is 0 Å². The van der Waals surface area contributed by atoms with Gasteiger partial charge in [-0.25, -0.2) is 0 Å². The molecule has 0 atom stereocenters. The molecular formula is C16H27N3OS. The molecule has 0 bridgehead atoms. The van der Waals surface area contributed by atoms with Crippen molar-refractivity contribution >= 4 is 17.7 Å². The molecule has 21 heavy (non-hydrogen) atoms. The predicted octanol–water partition coefficient (Wildman–Crippen LogP) is 3.43. The molecule has 5 heteroatoms. The summed E-state index contributed by atoms with van der Waals surface area (Å²) < 4.78 is 0.297. The van der Waals surface area contributed by atoms with Crippen molar-refractivity contribution in [2.75, 3.05) is 18.8 Å². The molecule has 1 saturated heterocycles. The quantitative estimate of drug-likeness (QED) is 0.848. The fourth-order valence-electron chi connectivity index (χ4n) is 2.69. The number of hydrogen-bond acceptors (Lipinski definition) is 3. The van der Waals surface area contributed by atoms with Crippen molar-refractivity contribution < 1.29 is 4.79 Å². The van der Waals surface area contributed by atoms with E-state index < -0.39 is 0 Å². The average molecular weight is 309 g/mol. The van der Waals surface area contributed by atoms with Crippen LogP contribution in [-0.2, 0) is 4.79 Å². The largest absolute Gasteiger partial charge is 0.343 e. The Kier molecular flexibility index (Phi) is 5.73. The molecule has 4 nitrogen and oxygen atoms in total. The molecule has 2 rings (SSSR count). The molecule has 118 valence electrons. The van der Waals surface area contributed by atoms with Crippen LogP contribution in [0.4, 0.5) is 0 Å². The summed E-state index contributed by atoms with van der Waals surface area (Å²) in [6.07, 6.45) is 5.58. The van der Waals surface area contributed by atoms with E-state index >= 15 is 0 Å². The molecule has 0 unspecified atom stereocenters. The van der Waals surface area contributed by atoms with E-state index in [-0.39, 0.29) is 0 Å². The monoisotopic (exact) mass is 309 g/mol. The zero-order chi connectivity index (χ0) is 15.3. The number of nitrogens with one attached hydrogen (secondary N) is 1. The number of nitrogens with zero attached hydrogens (tertiary/aromatic N) is 2. The van der Waals surface area contributed by atoms with Gasteiger partial charge in [0.25, 0.3) is 0 Å². The standard InChI is InChI=1S/C16H27N3OS/c1-16(2,3)21-12-4-5-15(20)19-10-7-13(8-11-19)14-6-9-17-18-14/h6,9,13H,4-5,7-8,10-12H2,1-3H3,(H,17,18). The number of aromatic nitrogens is 2. The lowest BCUT2D eigenvalue weighted by Gasteiger charge is -2.31. The van der Waals surface area contributed by atoms with Gasteiger partial charge in [-0.05, 0) is 31.1 Å². The number of H-pyrrole nitrogens is 1. The van der Waals surface area contributed by atoms with E-state index in [1.54, 1.807) is 6.20 Å². The number of piperidine rings is 1. The van der Waals surface area contributed by atoms with E-state index in [2.05, 4.69) is 31.0 Å². The molecule has 0 saturated carbocycles.